The Hall–Kier alpha value is -5.35. The van der Waals surface area contributed by atoms with Crippen molar-refractivity contribution in [2.45, 2.75) is 88.7 Å². The molecule has 3 heterocycles. The molecule has 22 heteroatoms. The largest absolute Gasteiger partial charge is 0.495 e. The van der Waals surface area contributed by atoms with Crippen molar-refractivity contribution >= 4 is 47.1 Å². The number of alkyl carbamates (subject to hydrolysis) is 1. The number of rotatable bonds is 10. The van der Waals surface area contributed by atoms with Crippen molar-refractivity contribution in [2.75, 3.05) is 46.4 Å². The molecule has 0 saturated carbocycles. The van der Waals surface area contributed by atoms with Gasteiger partial charge in [-0.15, -0.1) is 0 Å². The van der Waals surface area contributed by atoms with Crippen molar-refractivity contribution in [2.24, 2.45) is 5.92 Å². The van der Waals surface area contributed by atoms with Gasteiger partial charge in [-0.25, -0.2) is 27.6 Å². The molecule has 2 saturated heterocycles. The van der Waals surface area contributed by atoms with Crippen molar-refractivity contribution < 1.29 is 84.2 Å². The van der Waals surface area contributed by atoms with Crippen LogP contribution in [0.15, 0.2) is 35.9 Å². The Balaban J connectivity index is 1.38. The summed E-state index contributed by atoms with van der Waals surface area (Å²) in [4.78, 5) is 68.2. The molecule has 2 N–H and O–H groups in total. The van der Waals surface area contributed by atoms with Gasteiger partial charge in [-0.2, -0.15) is 8.78 Å². The number of allylic oxidation sites excluding steroid dienone is 3. The molecule has 2 aromatic rings. The summed E-state index contributed by atoms with van der Waals surface area (Å²) in [5.74, 6) is -18.5. The number of benzene rings is 2. The molecule has 64 heavy (non-hydrogen) atoms. The van der Waals surface area contributed by atoms with E-state index in [2.05, 4.69) is 10.1 Å². The van der Waals surface area contributed by atoms with Gasteiger partial charge in [0, 0.05) is 33.5 Å². The smallest absolute Gasteiger partial charge is 0.409 e. The summed E-state index contributed by atoms with van der Waals surface area (Å²) in [6, 6.07) is 2.00. The summed E-state index contributed by atoms with van der Waals surface area (Å²) in [5.41, 5.74) is -1.54. The number of aliphatic hydroxyl groups is 1. The summed E-state index contributed by atoms with van der Waals surface area (Å²) >= 11 is 6.72. The number of amides is 3. The number of likely N-dealkylation sites (N-methyl/N-ethyl adjacent to an activating group) is 1. The number of nitrogens with zero attached hydrogens (tertiary/aromatic N) is 2. The van der Waals surface area contributed by atoms with Crippen LogP contribution < -0.4 is 19.7 Å². The first kappa shape index (κ1) is 49.7. The van der Waals surface area contributed by atoms with Crippen molar-refractivity contribution in [3.8, 4) is 11.5 Å². The maximum Gasteiger partial charge on any atom is 0.409 e. The second kappa shape index (κ2) is 19.8. The molecular weight excluding hydrogens is 885 g/mol. The SMILES string of the molecule is COc1cc2cc(c1Cl)N(C)C(=O)CC(OC(=O)C(C)N(C)C(=O)COCC(=O)Oc1c(F)c(F)c(F)c(F)c1F)C1(C)OC1C(C)C1CC(O)(NC(=O)O1)C(OC)C=CC=C(C)C2. The molecule has 0 radical (unpaired) electrons. The average Bonchev–Trinajstić information content (AvgIpc) is 3.95. The summed E-state index contributed by atoms with van der Waals surface area (Å²) in [6.45, 7) is 4.26. The number of carbonyl (C=O) groups is 5. The minimum absolute atomic E-state index is 0.114. The topological polar surface area (TPSA) is 192 Å². The van der Waals surface area contributed by atoms with E-state index in [9.17, 15) is 51.0 Å². The molecule has 4 bridgehead atoms. The van der Waals surface area contributed by atoms with Crippen LogP contribution in [0.5, 0.6) is 11.5 Å². The highest BCUT2D eigenvalue weighted by atomic mass is 35.5. The second-order valence-electron chi connectivity index (χ2n) is 15.8. The first-order valence-electron chi connectivity index (χ1n) is 19.6. The van der Waals surface area contributed by atoms with E-state index >= 15 is 0 Å². The first-order valence-corrected chi connectivity index (χ1v) is 20.0. The van der Waals surface area contributed by atoms with Crippen LogP contribution in [0.4, 0.5) is 32.4 Å². The highest BCUT2D eigenvalue weighted by molar-refractivity contribution is 6.35. The monoisotopic (exact) mass is 931 g/mol. The van der Waals surface area contributed by atoms with Crippen LogP contribution in [-0.4, -0.2) is 123 Å². The number of hydrogen-bond acceptors (Lipinski definition) is 13. The number of carbonyl (C=O) groups excluding carboxylic acids is 5. The summed E-state index contributed by atoms with van der Waals surface area (Å²) in [6.07, 6.45) is -0.432. The fourth-order valence-electron chi connectivity index (χ4n) is 7.36. The van der Waals surface area contributed by atoms with Crippen LogP contribution in [-0.2, 0) is 49.3 Å². The molecule has 0 aliphatic carbocycles. The maximum atomic E-state index is 14.2. The van der Waals surface area contributed by atoms with Crippen LogP contribution in [0.25, 0.3) is 0 Å². The normalized spacial score (nSPS) is 26.5. The standard InChI is InChI=1S/C42H47ClF5N3O13/c1-19-10-9-11-26(59-8)42(57)16-25(61-40(56)49-42)20(2)38-41(4,64-38)27(15-28(52)51(6)23-13-22(12-19)14-24(58-7)31(23)43)62-39(55)21(3)50(5)29(53)17-60-18-30(54)63-37-35(47)33(45)32(44)34(46)36(37)48/h9-11,13-14,20-21,25-27,38,57H,12,15-18H2,1-8H3,(H,49,56). The summed E-state index contributed by atoms with van der Waals surface area (Å²) < 4.78 is 106. The zero-order chi connectivity index (χ0) is 47.6. The van der Waals surface area contributed by atoms with Crippen LogP contribution >= 0.6 is 11.6 Å². The molecule has 3 amide bonds. The molecule has 3 aliphatic heterocycles. The fourth-order valence-corrected chi connectivity index (χ4v) is 7.67. The van der Waals surface area contributed by atoms with E-state index in [0.717, 1.165) is 10.5 Å². The molecule has 5 rings (SSSR count). The molecule has 350 valence electrons. The second-order valence-corrected chi connectivity index (χ2v) is 16.1. The van der Waals surface area contributed by atoms with Crippen molar-refractivity contribution in [1.29, 1.82) is 0 Å². The molecule has 8 unspecified atom stereocenters. The number of ether oxygens (including phenoxy) is 7. The Kier molecular flexibility index (Phi) is 15.4. The third kappa shape index (κ3) is 10.4. The lowest BCUT2D eigenvalue weighted by Gasteiger charge is -2.42. The van der Waals surface area contributed by atoms with E-state index in [4.69, 9.17) is 40.0 Å². The molecule has 0 spiro atoms. The van der Waals surface area contributed by atoms with E-state index in [0.29, 0.717) is 12.0 Å². The minimum Gasteiger partial charge on any atom is -0.495 e. The minimum atomic E-state index is -2.47. The van der Waals surface area contributed by atoms with Gasteiger partial charge in [0.05, 0.1) is 25.3 Å². The number of nitrogens with one attached hydrogen (secondary N) is 1. The van der Waals surface area contributed by atoms with Gasteiger partial charge >= 0.3 is 18.0 Å². The number of halogens is 6. The highest BCUT2D eigenvalue weighted by Gasteiger charge is 2.64. The van der Waals surface area contributed by atoms with E-state index in [1.807, 2.05) is 6.92 Å². The number of esters is 2. The van der Waals surface area contributed by atoms with Gasteiger partial charge < -0.3 is 48.1 Å². The predicted molar refractivity (Wildman–Crippen MR) is 214 cm³/mol. The highest BCUT2D eigenvalue weighted by Crippen LogP contribution is 2.49. The molecule has 0 aromatic heterocycles. The molecule has 3 aliphatic rings. The number of epoxide rings is 1. The summed E-state index contributed by atoms with van der Waals surface area (Å²) in [7, 11) is 5.41. The maximum absolute atomic E-state index is 14.2. The lowest BCUT2D eigenvalue weighted by atomic mass is 9.83. The van der Waals surface area contributed by atoms with E-state index < -0.39 is 132 Å². The zero-order valence-corrected chi connectivity index (χ0v) is 36.7. The van der Waals surface area contributed by atoms with Crippen molar-refractivity contribution in [3.63, 3.8) is 0 Å². The quantitative estimate of drug-likeness (QED) is 0.0824. The Morgan fingerprint density at radius 2 is 1.70 bits per heavy atom. The number of anilines is 1. The van der Waals surface area contributed by atoms with Gasteiger partial charge in [0.25, 0.3) is 0 Å². The van der Waals surface area contributed by atoms with Crippen LogP contribution in [0.1, 0.15) is 46.1 Å². The van der Waals surface area contributed by atoms with Crippen LogP contribution in [0, 0.1) is 35.0 Å². The van der Waals surface area contributed by atoms with Gasteiger partial charge in [-0.05, 0) is 44.9 Å². The molecule has 2 fully saturated rings. The Bertz CT molecular complexity index is 2220. The lowest BCUT2D eigenvalue weighted by molar-refractivity contribution is -0.163. The third-order valence-corrected chi connectivity index (χ3v) is 11.7. The van der Waals surface area contributed by atoms with E-state index in [1.165, 1.54) is 40.1 Å². The van der Waals surface area contributed by atoms with Gasteiger partial charge in [-0.3, -0.25) is 14.9 Å². The average molecular weight is 932 g/mol. The number of hydrogen-bond donors (Lipinski definition) is 2. The van der Waals surface area contributed by atoms with Gasteiger partial charge in [0.1, 0.15) is 53.9 Å². The van der Waals surface area contributed by atoms with Crippen LogP contribution in [0.3, 0.4) is 0 Å². The zero-order valence-electron chi connectivity index (χ0n) is 35.9. The molecule has 2 aromatic carbocycles. The first-order chi connectivity index (χ1) is 30.0. The third-order valence-electron chi connectivity index (χ3n) is 11.4. The van der Waals surface area contributed by atoms with E-state index in [-0.39, 0.29) is 22.9 Å². The van der Waals surface area contributed by atoms with Crippen molar-refractivity contribution in [1.82, 2.24) is 10.2 Å². The fraction of sp³-hybridized carbons (Fsp3) is 0.500. The summed E-state index contributed by atoms with van der Waals surface area (Å²) in [5, 5.41) is 14.3. The van der Waals surface area contributed by atoms with Gasteiger partial charge in [0.2, 0.25) is 46.6 Å². The molecular formula is C42H47ClF5N3O13. The number of fused-ring (bicyclic) bond motifs is 5. The van der Waals surface area contributed by atoms with E-state index in [1.54, 1.807) is 44.2 Å². The Labute approximate surface area is 369 Å². The lowest BCUT2D eigenvalue weighted by Crippen LogP contribution is -2.63. The van der Waals surface area contributed by atoms with Gasteiger partial charge in [0.15, 0.2) is 5.72 Å². The van der Waals surface area contributed by atoms with Crippen molar-refractivity contribution in [3.05, 3.63) is 75.6 Å². The Morgan fingerprint density at radius 1 is 1.06 bits per heavy atom. The number of methoxy groups -OCH3 is 2. The predicted octanol–water partition coefficient (Wildman–Crippen LogP) is 4.83. The van der Waals surface area contributed by atoms with Crippen LogP contribution in [0.2, 0.25) is 5.02 Å². The molecule has 8 atom stereocenters. The van der Waals surface area contributed by atoms with Gasteiger partial charge in [-0.1, -0.05) is 42.3 Å². The Morgan fingerprint density at radius 3 is 2.33 bits per heavy atom. The molecule has 16 nitrogen and oxygen atoms in total.